The average Bonchev–Trinajstić information content (AvgIpc) is 2.81. The molecule has 2 amide bonds. The number of nitrogens with one attached hydrogen (secondary N) is 1. The van der Waals surface area contributed by atoms with Gasteiger partial charge in [0.2, 0.25) is 5.91 Å². The first-order valence-electron chi connectivity index (χ1n) is 11.0. The predicted octanol–water partition coefficient (Wildman–Crippen LogP) is 5.29. The smallest absolute Gasteiger partial charge is 0.350 e. The van der Waals surface area contributed by atoms with Crippen molar-refractivity contribution in [1.82, 2.24) is 10.2 Å². The van der Waals surface area contributed by atoms with Gasteiger partial charge in [-0.05, 0) is 54.3 Å². The molecule has 0 aromatic heterocycles. The van der Waals surface area contributed by atoms with Crippen LogP contribution in [0.25, 0.3) is 0 Å². The third-order valence-corrected chi connectivity index (χ3v) is 6.44. The van der Waals surface area contributed by atoms with Gasteiger partial charge in [0.25, 0.3) is 5.91 Å². The SMILES string of the molecule is Cc1ccccc1CNC(=O)C1(C)Cc2ccccc2C(=O)N1Cc1ccc(C(F)(F)F)cc1. The molecule has 1 aliphatic heterocycles. The van der Waals surface area contributed by atoms with Crippen molar-refractivity contribution in [3.63, 3.8) is 0 Å². The second-order valence-corrected chi connectivity index (χ2v) is 8.80. The van der Waals surface area contributed by atoms with Gasteiger partial charge in [0.15, 0.2) is 0 Å². The van der Waals surface area contributed by atoms with Crippen molar-refractivity contribution >= 4 is 11.8 Å². The van der Waals surface area contributed by atoms with Crippen LogP contribution in [0.15, 0.2) is 72.8 Å². The number of carbonyl (C=O) groups is 2. The van der Waals surface area contributed by atoms with Gasteiger partial charge in [0.1, 0.15) is 5.54 Å². The summed E-state index contributed by atoms with van der Waals surface area (Å²) >= 11 is 0. The van der Waals surface area contributed by atoms with Crippen LogP contribution in [0.3, 0.4) is 0 Å². The Kier molecular flexibility index (Phi) is 6.21. The molecule has 3 aromatic rings. The molecule has 34 heavy (non-hydrogen) atoms. The summed E-state index contributed by atoms with van der Waals surface area (Å²) < 4.78 is 38.9. The fourth-order valence-corrected chi connectivity index (χ4v) is 4.32. The molecule has 0 fully saturated rings. The Balaban J connectivity index is 1.64. The van der Waals surface area contributed by atoms with Crippen molar-refractivity contribution < 1.29 is 22.8 Å². The van der Waals surface area contributed by atoms with Crippen LogP contribution in [-0.2, 0) is 30.5 Å². The Morgan fingerprint density at radius 2 is 1.65 bits per heavy atom. The highest BCUT2D eigenvalue weighted by molar-refractivity contribution is 6.02. The number of benzene rings is 3. The molecule has 1 unspecified atom stereocenters. The Bertz CT molecular complexity index is 1220. The summed E-state index contributed by atoms with van der Waals surface area (Å²) in [7, 11) is 0. The van der Waals surface area contributed by atoms with E-state index in [-0.39, 0.29) is 18.4 Å². The van der Waals surface area contributed by atoms with Crippen molar-refractivity contribution in [3.05, 3.63) is 106 Å². The van der Waals surface area contributed by atoms with E-state index in [1.165, 1.54) is 17.0 Å². The molecule has 3 aromatic carbocycles. The van der Waals surface area contributed by atoms with E-state index in [1.807, 2.05) is 43.3 Å². The fraction of sp³-hybridized carbons (Fsp3) is 0.259. The fourth-order valence-electron chi connectivity index (χ4n) is 4.32. The minimum absolute atomic E-state index is 0.0135. The van der Waals surface area contributed by atoms with Gasteiger partial charge in [0, 0.05) is 25.1 Å². The van der Waals surface area contributed by atoms with Crippen molar-refractivity contribution in [2.75, 3.05) is 0 Å². The maximum atomic E-state index is 13.5. The maximum Gasteiger partial charge on any atom is 0.416 e. The summed E-state index contributed by atoms with van der Waals surface area (Å²) in [6, 6.07) is 19.5. The zero-order chi connectivity index (χ0) is 24.5. The van der Waals surface area contributed by atoms with Gasteiger partial charge in [-0.25, -0.2) is 0 Å². The van der Waals surface area contributed by atoms with Crippen LogP contribution in [-0.4, -0.2) is 22.3 Å². The highest BCUT2D eigenvalue weighted by Gasteiger charge is 2.46. The first-order valence-corrected chi connectivity index (χ1v) is 11.0. The molecule has 7 heteroatoms. The monoisotopic (exact) mass is 466 g/mol. The Labute approximate surface area is 196 Å². The number of hydrogen-bond donors (Lipinski definition) is 1. The second kappa shape index (κ2) is 8.97. The van der Waals surface area contributed by atoms with Gasteiger partial charge in [-0.3, -0.25) is 9.59 Å². The van der Waals surface area contributed by atoms with E-state index in [1.54, 1.807) is 19.1 Å². The first kappa shape index (κ1) is 23.5. The van der Waals surface area contributed by atoms with Gasteiger partial charge in [-0.1, -0.05) is 54.6 Å². The normalized spacial score (nSPS) is 17.9. The zero-order valence-electron chi connectivity index (χ0n) is 18.9. The van der Waals surface area contributed by atoms with Crippen LogP contribution in [0, 0.1) is 6.92 Å². The minimum atomic E-state index is -4.44. The number of fused-ring (bicyclic) bond motifs is 1. The number of alkyl halides is 3. The minimum Gasteiger partial charge on any atom is -0.350 e. The molecular formula is C27H25F3N2O2. The summed E-state index contributed by atoms with van der Waals surface area (Å²) in [5.74, 6) is -0.638. The zero-order valence-corrected chi connectivity index (χ0v) is 18.9. The second-order valence-electron chi connectivity index (χ2n) is 8.80. The Hall–Kier alpha value is -3.61. The molecule has 0 bridgehead atoms. The molecular weight excluding hydrogens is 441 g/mol. The van der Waals surface area contributed by atoms with E-state index in [4.69, 9.17) is 0 Å². The van der Waals surface area contributed by atoms with Crippen molar-refractivity contribution in [2.24, 2.45) is 0 Å². The van der Waals surface area contributed by atoms with Crippen molar-refractivity contribution in [3.8, 4) is 0 Å². The Morgan fingerprint density at radius 1 is 1.00 bits per heavy atom. The number of aryl methyl sites for hydroxylation is 1. The van der Waals surface area contributed by atoms with Crippen molar-refractivity contribution in [1.29, 1.82) is 0 Å². The van der Waals surface area contributed by atoms with Crippen LogP contribution < -0.4 is 5.32 Å². The quantitative estimate of drug-likeness (QED) is 0.556. The van der Waals surface area contributed by atoms with Gasteiger partial charge >= 0.3 is 6.18 Å². The summed E-state index contributed by atoms with van der Waals surface area (Å²) in [5.41, 5.74) is 1.82. The van der Waals surface area contributed by atoms with E-state index in [0.29, 0.717) is 24.1 Å². The number of hydrogen-bond acceptors (Lipinski definition) is 2. The molecule has 4 rings (SSSR count). The van der Waals surface area contributed by atoms with Crippen LogP contribution >= 0.6 is 0 Å². The molecule has 0 saturated heterocycles. The summed E-state index contributed by atoms with van der Waals surface area (Å²) in [6.07, 6.45) is -4.14. The molecule has 1 atom stereocenters. The van der Waals surface area contributed by atoms with Crippen LogP contribution in [0.1, 0.15) is 45.1 Å². The number of halogens is 3. The van der Waals surface area contributed by atoms with E-state index < -0.39 is 17.3 Å². The molecule has 0 aliphatic carbocycles. The largest absolute Gasteiger partial charge is 0.416 e. The average molecular weight is 467 g/mol. The molecule has 0 spiro atoms. The lowest BCUT2D eigenvalue weighted by molar-refractivity contribution is -0.137. The molecule has 0 radical (unpaired) electrons. The van der Waals surface area contributed by atoms with Gasteiger partial charge in [0.05, 0.1) is 5.56 Å². The Morgan fingerprint density at radius 3 is 2.32 bits per heavy atom. The highest BCUT2D eigenvalue weighted by Crippen LogP contribution is 2.34. The summed E-state index contributed by atoms with van der Waals surface area (Å²) in [4.78, 5) is 28.4. The number of amides is 2. The van der Waals surface area contributed by atoms with E-state index in [2.05, 4.69) is 5.32 Å². The molecule has 1 heterocycles. The summed E-state index contributed by atoms with van der Waals surface area (Å²) in [6.45, 7) is 3.99. The van der Waals surface area contributed by atoms with Crippen LogP contribution in [0.4, 0.5) is 13.2 Å². The third kappa shape index (κ3) is 4.55. The van der Waals surface area contributed by atoms with E-state index >= 15 is 0 Å². The number of rotatable bonds is 5. The standard InChI is InChI=1S/C27H25F3N2O2/c1-18-7-3-4-9-21(18)16-31-25(34)26(2)15-20-8-5-6-10-23(20)24(33)32(26)17-19-11-13-22(14-12-19)27(28,29)30/h3-14H,15-17H2,1-2H3,(H,31,34). The number of carbonyl (C=O) groups excluding carboxylic acids is 2. The molecule has 4 nitrogen and oxygen atoms in total. The molecule has 0 saturated carbocycles. The van der Waals surface area contributed by atoms with Gasteiger partial charge in [-0.15, -0.1) is 0 Å². The first-order chi connectivity index (χ1) is 16.1. The molecule has 1 N–H and O–H groups in total. The lowest BCUT2D eigenvalue weighted by Gasteiger charge is -2.44. The van der Waals surface area contributed by atoms with E-state index in [0.717, 1.165) is 28.8 Å². The van der Waals surface area contributed by atoms with Crippen LogP contribution in [0.2, 0.25) is 0 Å². The lowest BCUT2D eigenvalue weighted by Crippen LogP contribution is -2.62. The van der Waals surface area contributed by atoms with Gasteiger partial charge in [-0.2, -0.15) is 13.2 Å². The topological polar surface area (TPSA) is 49.4 Å². The highest BCUT2D eigenvalue weighted by atomic mass is 19.4. The predicted molar refractivity (Wildman–Crippen MR) is 123 cm³/mol. The molecule has 1 aliphatic rings. The summed E-state index contributed by atoms with van der Waals surface area (Å²) in [5, 5.41) is 2.96. The number of nitrogens with zero attached hydrogens (tertiary/aromatic N) is 1. The van der Waals surface area contributed by atoms with Gasteiger partial charge < -0.3 is 10.2 Å². The maximum absolute atomic E-state index is 13.5. The molecule has 176 valence electrons. The lowest BCUT2D eigenvalue weighted by atomic mass is 9.82. The van der Waals surface area contributed by atoms with E-state index in [9.17, 15) is 22.8 Å². The van der Waals surface area contributed by atoms with Crippen molar-refractivity contribution in [2.45, 2.75) is 45.1 Å². The van der Waals surface area contributed by atoms with Crippen LogP contribution in [0.5, 0.6) is 0 Å². The third-order valence-electron chi connectivity index (χ3n) is 6.44.